The van der Waals surface area contributed by atoms with Gasteiger partial charge in [0, 0.05) is 16.7 Å². The van der Waals surface area contributed by atoms with Gasteiger partial charge in [-0.2, -0.15) is 0 Å². The van der Waals surface area contributed by atoms with Crippen molar-refractivity contribution in [3.8, 4) is 51.4 Å². The summed E-state index contributed by atoms with van der Waals surface area (Å²) in [5.41, 5.74) is 5.05. The fourth-order valence-corrected chi connectivity index (χ4v) is 6.17. The molecule has 3 aromatic carbocycles. The van der Waals surface area contributed by atoms with Crippen LogP contribution >= 0.6 is 0 Å². The number of hydrogen-bond acceptors (Lipinski definition) is 6. The number of phenols is 3. The number of rotatable bonds is 3. The maximum absolute atomic E-state index is 12.0. The first-order chi connectivity index (χ1) is 22.8. The smallest absolute Gasteiger partial charge is 0.167 e. The van der Waals surface area contributed by atoms with Crippen molar-refractivity contribution in [2.75, 3.05) is 0 Å². The van der Waals surface area contributed by atoms with E-state index in [1.54, 1.807) is 0 Å². The Balaban J connectivity index is 2.28. The highest BCUT2D eigenvalue weighted by Crippen LogP contribution is 2.46. The molecule has 6 heteroatoms. The van der Waals surface area contributed by atoms with E-state index in [4.69, 9.17) is 15.0 Å². The van der Waals surface area contributed by atoms with Crippen LogP contribution in [0, 0.1) is 0 Å². The molecular formula is C45H63N3O3. The van der Waals surface area contributed by atoms with Gasteiger partial charge in [-0.05, 0) is 67.4 Å². The van der Waals surface area contributed by atoms with Crippen LogP contribution in [0.3, 0.4) is 0 Å². The largest absolute Gasteiger partial charge is 0.507 e. The normalized spacial score (nSPS) is 13.5. The molecule has 0 aliphatic carbocycles. The second-order valence-electron chi connectivity index (χ2n) is 20.6. The molecule has 0 spiro atoms. The molecule has 0 saturated heterocycles. The average molecular weight is 694 g/mol. The molecule has 0 atom stereocenters. The summed E-state index contributed by atoms with van der Waals surface area (Å²) in [7, 11) is 0. The van der Waals surface area contributed by atoms with Gasteiger partial charge in [0.1, 0.15) is 17.2 Å². The summed E-state index contributed by atoms with van der Waals surface area (Å²) >= 11 is 0. The summed E-state index contributed by atoms with van der Waals surface area (Å²) in [6, 6.07) is 12.1. The SMILES string of the molecule is CC(C)(C)c1cc(-c2nc(-c3cc(C(C)(C)C)cc(C(C)(C)C)c3O)nc(-c3cc(C(C)(C)C)cc(C(C)(C)C)c3O)n2)c(O)c(C(C)(C)C)c1. The predicted molar refractivity (Wildman–Crippen MR) is 213 cm³/mol. The van der Waals surface area contributed by atoms with Crippen LogP contribution < -0.4 is 0 Å². The lowest BCUT2D eigenvalue weighted by atomic mass is 9.78. The van der Waals surface area contributed by atoms with Crippen molar-refractivity contribution < 1.29 is 15.3 Å². The fraction of sp³-hybridized carbons (Fsp3) is 0.533. The minimum atomic E-state index is -0.374. The van der Waals surface area contributed by atoms with Crippen molar-refractivity contribution in [2.24, 2.45) is 0 Å². The molecule has 276 valence electrons. The van der Waals surface area contributed by atoms with Crippen LogP contribution in [-0.2, 0) is 32.5 Å². The first-order valence-corrected chi connectivity index (χ1v) is 18.2. The summed E-state index contributed by atoms with van der Waals surface area (Å²) in [5.74, 6) is 1.10. The molecule has 4 rings (SSSR count). The van der Waals surface area contributed by atoms with Crippen LogP contribution in [0.4, 0.5) is 0 Å². The Morgan fingerprint density at radius 2 is 0.510 bits per heavy atom. The van der Waals surface area contributed by atoms with Crippen molar-refractivity contribution in [1.82, 2.24) is 15.0 Å². The van der Waals surface area contributed by atoms with E-state index in [1.165, 1.54) is 0 Å². The maximum Gasteiger partial charge on any atom is 0.167 e. The van der Waals surface area contributed by atoms with Crippen LogP contribution in [0.2, 0.25) is 0 Å². The van der Waals surface area contributed by atoms with Gasteiger partial charge >= 0.3 is 0 Å². The maximum atomic E-state index is 12.0. The average Bonchev–Trinajstić information content (AvgIpc) is 2.93. The van der Waals surface area contributed by atoms with Crippen molar-refractivity contribution in [2.45, 2.75) is 157 Å². The van der Waals surface area contributed by atoms with Gasteiger partial charge in [0.25, 0.3) is 0 Å². The summed E-state index contributed by atoms with van der Waals surface area (Å²) in [6.07, 6.45) is 0. The molecule has 4 aromatic rings. The topological polar surface area (TPSA) is 99.4 Å². The van der Waals surface area contributed by atoms with E-state index in [0.717, 1.165) is 33.4 Å². The molecule has 0 bridgehead atoms. The van der Waals surface area contributed by atoms with Crippen LogP contribution in [0.25, 0.3) is 34.2 Å². The molecule has 1 aromatic heterocycles. The number of nitrogens with zero attached hydrogens (tertiary/aromatic N) is 3. The summed E-state index contributed by atoms with van der Waals surface area (Å²) in [5, 5.41) is 36.0. The van der Waals surface area contributed by atoms with Gasteiger partial charge in [-0.3, -0.25) is 0 Å². The van der Waals surface area contributed by atoms with Gasteiger partial charge in [-0.1, -0.05) is 143 Å². The van der Waals surface area contributed by atoms with Crippen LogP contribution in [0.1, 0.15) is 158 Å². The van der Waals surface area contributed by atoms with E-state index in [2.05, 4.69) is 143 Å². The summed E-state index contributed by atoms with van der Waals surface area (Å²) in [6.45, 7) is 38.0. The first-order valence-electron chi connectivity index (χ1n) is 18.2. The molecule has 6 nitrogen and oxygen atoms in total. The number of aromatic hydroxyl groups is 3. The quantitative estimate of drug-likeness (QED) is 0.197. The Hall–Kier alpha value is -3.93. The van der Waals surface area contributed by atoms with E-state index in [1.807, 2.05) is 18.2 Å². The molecule has 0 radical (unpaired) electrons. The zero-order valence-corrected chi connectivity index (χ0v) is 34.6. The van der Waals surface area contributed by atoms with Crippen LogP contribution in [-0.4, -0.2) is 30.3 Å². The lowest BCUT2D eigenvalue weighted by molar-refractivity contribution is 0.446. The summed E-state index contributed by atoms with van der Waals surface area (Å²) < 4.78 is 0. The van der Waals surface area contributed by atoms with Gasteiger partial charge in [0.15, 0.2) is 17.5 Å². The van der Waals surface area contributed by atoms with Gasteiger partial charge in [0.2, 0.25) is 0 Å². The molecule has 51 heavy (non-hydrogen) atoms. The van der Waals surface area contributed by atoms with E-state index < -0.39 is 0 Å². The lowest BCUT2D eigenvalue weighted by Gasteiger charge is -2.28. The van der Waals surface area contributed by atoms with Gasteiger partial charge in [0.05, 0.1) is 16.7 Å². The second kappa shape index (κ2) is 12.6. The zero-order chi connectivity index (χ0) is 39.0. The summed E-state index contributed by atoms with van der Waals surface area (Å²) in [4.78, 5) is 15.2. The highest BCUT2D eigenvalue weighted by Gasteiger charge is 2.31. The highest BCUT2D eigenvalue weighted by atomic mass is 16.3. The van der Waals surface area contributed by atoms with Crippen molar-refractivity contribution in [3.05, 3.63) is 69.8 Å². The van der Waals surface area contributed by atoms with Crippen molar-refractivity contribution in [1.29, 1.82) is 0 Å². The van der Waals surface area contributed by atoms with Crippen molar-refractivity contribution >= 4 is 0 Å². The van der Waals surface area contributed by atoms with Gasteiger partial charge in [-0.25, -0.2) is 15.0 Å². The Bertz CT molecular complexity index is 1720. The molecule has 0 aliphatic rings. The number of aromatic nitrogens is 3. The monoisotopic (exact) mass is 693 g/mol. The number of hydrogen-bond donors (Lipinski definition) is 3. The first kappa shape index (κ1) is 39.8. The molecule has 0 fully saturated rings. The van der Waals surface area contributed by atoms with Gasteiger partial charge < -0.3 is 15.3 Å². The van der Waals surface area contributed by atoms with E-state index in [-0.39, 0.29) is 67.2 Å². The Morgan fingerprint density at radius 3 is 0.667 bits per heavy atom. The molecule has 3 N–H and O–H groups in total. The zero-order valence-electron chi connectivity index (χ0n) is 34.6. The third kappa shape index (κ3) is 8.26. The molecule has 0 saturated carbocycles. The van der Waals surface area contributed by atoms with Crippen LogP contribution in [0.15, 0.2) is 36.4 Å². The Morgan fingerprint density at radius 1 is 0.314 bits per heavy atom. The lowest BCUT2D eigenvalue weighted by Crippen LogP contribution is -2.18. The predicted octanol–water partition coefficient (Wildman–Crippen LogP) is 11.8. The third-order valence-corrected chi connectivity index (χ3v) is 9.71. The molecule has 0 amide bonds. The highest BCUT2D eigenvalue weighted by molar-refractivity contribution is 5.77. The minimum Gasteiger partial charge on any atom is -0.507 e. The molecule has 0 unspecified atom stereocenters. The van der Waals surface area contributed by atoms with Crippen molar-refractivity contribution in [3.63, 3.8) is 0 Å². The number of benzene rings is 3. The fourth-order valence-electron chi connectivity index (χ4n) is 6.17. The molecule has 1 heterocycles. The van der Waals surface area contributed by atoms with E-state index in [9.17, 15) is 15.3 Å². The second-order valence-corrected chi connectivity index (χ2v) is 20.6. The third-order valence-electron chi connectivity index (χ3n) is 9.71. The van der Waals surface area contributed by atoms with Crippen LogP contribution in [0.5, 0.6) is 17.2 Å². The number of phenolic OH excluding ortho intramolecular Hbond substituents is 3. The van der Waals surface area contributed by atoms with E-state index in [0.29, 0.717) is 16.7 Å². The Labute approximate surface area is 307 Å². The molecule has 0 aliphatic heterocycles. The minimum absolute atomic E-state index is 0.102. The van der Waals surface area contributed by atoms with E-state index >= 15 is 0 Å². The molecular weight excluding hydrogens is 631 g/mol. The Kier molecular flexibility index (Phi) is 9.87. The van der Waals surface area contributed by atoms with Gasteiger partial charge in [-0.15, -0.1) is 0 Å². The standard InChI is InChI=1S/C45H63N3O3/c1-40(2,3)25-19-28(34(49)31(22-25)43(10,11)12)37-46-38(29-20-26(41(4,5)6)23-32(35(29)50)44(13,14)15)48-39(47-37)30-21-27(42(7,8)9)24-33(36(30)51)45(16,17)18/h19-24,49-51H,1-18H3.